The highest BCUT2D eigenvalue weighted by molar-refractivity contribution is 7.92. The fraction of sp³-hybridized carbons (Fsp3) is 0.727. The van der Waals surface area contributed by atoms with Gasteiger partial charge in [-0.2, -0.15) is 4.37 Å². The Morgan fingerprint density at radius 2 is 2.11 bits per heavy atom. The molecule has 19 heavy (non-hydrogen) atoms. The molecular weight excluding hydrogens is 286 g/mol. The van der Waals surface area contributed by atoms with E-state index in [1.807, 2.05) is 13.8 Å². The van der Waals surface area contributed by atoms with Crippen LogP contribution >= 0.6 is 11.5 Å². The van der Waals surface area contributed by atoms with Gasteiger partial charge in [0.15, 0.2) is 15.7 Å². The van der Waals surface area contributed by atoms with Crippen LogP contribution in [-0.2, 0) is 9.84 Å². The standard InChI is InChI=1S/C11H19N3O3S2/c1-11(2,6-15)14(3)10-8(9(12)13-18-10)19(16,17)7-4-5-7/h7,15H,4-6H2,1-3H3,(H2,12,13). The zero-order chi connectivity index (χ0) is 14.4. The van der Waals surface area contributed by atoms with Gasteiger partial charge >= 0.3 is 0 Å². The Morgan fingerprint density at radius 3 is 2.58 bits per heavy atom. The van der Waals surface area contributed by atoms with Crippen molar-refractivity contribution in [1.29, 1.82) is 0 Å². The molecule has 1 aliphatic carbocycles. The summed E-state index contributed by atoms with van der Waals surface area (Å²) < 4.78 is 28.8. The van der Waals surface area contributed by atoms with Gasteiger partial charge in [0, 0.05) is 7.05 Å². The molecule has 0 amide bonds. The quantitative estimate of drug-likeness (QED) is 0.838. The summed E-state index contributed by atoms with van der Waals surface area (Å²) >= 11 is 1.06. The van der Waals surface area contributed by atoms with E-state index in [4.69, 9.17) is 5.73 Å². The summed E-state index contributed by atoms with van der Waals surface area (Å²) in [6, 6.07) is 0. The van der Waals surface area contributed by atoms with Crippen LogP contribution in [0.1, 0.15) is 26.7 Å². The van der Waals surface area contributed by atoms with E-state index in [0.29, 0.717) is 17.8 Å². The van der Waals surface area contributed by atoms with Crippen molar-refractivity contribution in [3.05, 3.63) is 0 Å². The van der Waals surface area contributed by atoms with Gasteiger partial charge in [0.25, 0.3) is 0 Å². The molecule has 0 saturated heterocycles. The Labute approximate surface area is 117 Å². The molecule has 6 nitrogen and oxygen atoms in total. The van der Waals surface area contributed by atoms with Crippen molar-refractivity contribution >= 4 is 32.2 Å². The second-order valence-electron chi connectivity index (χ2n) is 5.48. The van der Waals surface area contributed by atoms with Gasteiger partial charge < -0.3 is 15.7 Å². The van der Waals surface area contributed by atoms with Crippen LogP contribution in [0.2, 0.25) is 0 Å². The predicted molar refractivity (Wildman–Crippen MR) is 76.3 cm³/mol. The molecule has 1 aromatic rings. The molecular formula is C11H19N3O3S2. The van der Waals surface area contributed by atoms with Gasteiger partial charge in [0.2, 0.25) is 0 Å². The number of likely N-dealkylation sites (N-methyl/N-ethyl adjacent to an activating group) is 1. The van der Waals surface area contributed by atoms with Crippen molar-refractivity contribution in [1.82, 2.24) is 4.37 Å². The lowest BCUT2D eigenvalue weighted by molar-refractivity contribution is 0.216. The van der Waals surface area contributed by atoms with Crippen molar-refractivity contribution < 1.29 is 13.5 Å². The molecule has 1 fully saturated rings. The lowest BCUT2D eigenvalue weighted by Gasteiger charge is -2.34. The normalized spacial score (nSPS) is 16.6. The van der Waals surface area contributed by atoms with Gasteiger partial charge in [-0.25, -0.2) is 8.42 Å². The van der Waals surface area contributed by atoms with Crippen LogP contribution in [0.4, 0.5) is 10.8 Å². The van der Waals surface area contributed by atoms with Gasteiger partial charge in [0.05, 0.1) is 17.4 Å². The predicted octanol–water partition coefficient (Wildman–Crippen LogP) is 0.869. The van der Waals surface area contributed by atoms with Crippen LogP contribution in [0, 0.1) is 0 Å². The maximum Gasteiger partial charge on any atom is 0.187 e. The summed E-state index contributed by atoms with van der Waals surface area (Å²) in [5.74, 6) is 0.0625. The first kappa shape index (κ1) is 14.5. The van der Waals surface area contributed by atoms with E-state index in [9.17, 15) is 13.5 Å². The van der Waals surface area contributed by atoms with E-state index in [1.54, 1.807) is 11.9 Å². The highest BCUT2D eigenvalue weighted by Gasteiger charge is 2.42. The lowest BCUT2D eigenvalue weighted by Crippen LogP contribution is -2.44. The maximum atomic E-state index is 12.4. The molecule has 1 saturated carbocycles. The summed E-state index contributed by atoms with van der Waals surface area (Å²) in [6.45, 7) is 3.57. The zero-order valence-electron chi connectivity index (χ0n) is 11.3. The van der Waals surface area contributed by atoms with E-state index < -0.39 is 15.4 Å². The maximum absolute atomic E-state index is 12.4. The topological polar surface area (TPSA) is 96.5 Å². The SMILES string of the molecule is CN(c1snc(N)c1S(=O)(=O)C1CC1)C(C)(C)CO. The van der Waals surface area contributed by atoms with Gasteiger partial charge in [0.1, 0.15) is 9.90 Å². The average Bonchev–Trinajstić information content (AvgIpc) is 3.12. The van der Waals surface area contributed by atoms with Gasteiger partial charge in [-0.15, -0.1) is 0 Å². The third-order valence-corrected chi connectivity index (χ3v) is 6.89. The van der Waals surface area contributed by atoms with Gasteiger partial charge in [-0.3, -0.25) is 0 Å². The Kier molecular flexibility index (Phi) is 3.53. The molecule has 0 bridgehead atoms. The number of nitrogens with two attached hydrogens (primary N) is 1. The van der Waals surface area contributed by atoms with E-state index >= 15 is 0 Å². The highest BCUT2D eigenvalue weighted by atomic mass is 32.2. The van der Waals surface area contributed by atoms with Crippen molar-refractivity contribution in [3.63, 3.8) is 0 Å². The van der Waals surface area contributed by atoms with Gasteiger partial charge in [-0.05, 0) is 38.2 Å². The van der Waals surface area contributed by atoms with Gasteiger partial charge in [-0.1, -0.05) is 0 Å². The lowest BCUT2D eigenvalue weighted by atomic mass is 10.1. The van der Waals surface area contributed by atoms with Crippen molar-refractivity contribution in [2.45, 2.75) is 42.4 Å². The summed E-state index contributed by atoms with van der Waals surface area (Å²) in [4.78, 5) is 1.86. The first-order valence-corrected chi connectivity index (χ1v) is 8.37. The summed E-state index contributed by atoms with van der Waals surface area (Å²) in [5, 5.41) is 9.59. The Balaban J connectivity index is 2.49. The number of hydrogen-bond acceptors (Lipinski definition) is 7. The number of anilines is 2. The Hall–Kier alpha value is -0.860. The molecule has 0 spiro atoms. The first-order valence-electron chi connectivity index (χ1n) is 6.05. The zero-order valence-corrected chi connectivity index (χ0v) is 12.9. The van der Waals surface area contributed by atoms with E-state index in [2.05, 4.69) is 4.37 Å². The minimum atomic E-state index is -3.40. The number of aliphatic hydroxyl groups excluding tert-OH is 1. The number of aromatic nitrogens is 1. The molecule has 108 valence electrons. The monoisotopic (exact) mass is 305 g/mol. The summed E-state index contributed by atoms with van der Waals surface area (Å²) in [7, 11) is -1.65. The Bertz CT molecular complexity index is 576. The molecule has 1 aromatic heterocycles. The smallest absolute Gasteiger partial charge is 0.187 e. The summed E-state index contributed by atoms with van der Waals surface area (Å²) in [6.07, 6.45) is 1.37. The number of sulfone groups is 1. The minimum absolute atomic E-state index is 0.0625. The number of aliphatic hydroxyl groups is 1. The fourth-order valence-corrected chi connectivity index (χ4v) is 4.85. The van der Waals surface area contributed by atoms with Crippen LogP contribution in [0.3, 0.4) is 0 Å². The average molecular weight is 305 g/mol. The third kappa shape index (κ3) is 2.44. The number of rotatable bonds is 5. The number of hydrogen-bond donors (Lipinski definition) is 2. The number of nitrogen functional groups attached to an aromatic ring is 1. The van der Waals surface area contributed by atoms with Crippen LogP contribution < -0.4 is 10.6 Å². The van der Waals surface area contributed by atoms with Crippen LogP contribution in [-0.4, -0.2) is 42.3 Å². The van der Waals surface area contributed by atoms with Crippen LogP contribution in [0.15, 0.2) is 4.90 Å². The molecule has 3 N–H and O–H groups in total. The molecule has 0 aromatic carbocycles. The fourth-order valence-electron chi connectivity index (χ4n) is 1.69. The molecule has 1 heterocycles. The molecule has 0 radical (unpaired) electrons. The first-order chi connectivity index (χ1) is 8.71. The van der Waals surface area contributed by atoms with Crippen molar-refractivity contribution in [2.75, 3.05) is 24.3 Å². The highest BCUT2D eigenvalue weighted by Crippen LogP contribution is 2.43. The molecule has 0 unspecified atom stereocenters. The molecule has 1 aliphatic rings. The van der Waals surface area contributed by atoms with Crippen molar-refractivity contribution in [2.24, 2.45) is 0 Å². The minimum Gasteiger partial charge on any atom is -0.394 e. The molecule has 8 heteroatoms. The van der Waals surface area contributed by atoms with Crippen molar-refractivity contribution in [3.8, 4) is 0 Å². The van der Waals surface area contributed by atoms with Crippen LogP contribution in [0.25, 0.3) is 0 Å². The van der Waals surface area contributed by atoms with E-state index in [1.165, 1.54) is 0 Å². The molecule has 0 aliphatic heterocycles. The summed E-state index contributed by atoms with van der Waals surface area (Å²) in [5.41, 5.74) is 5.17. The molecule has 0 atom stereocenters. The van der Waals surface area contributed by atoms with E-state index in [-0.39, 0.29) is 22.6 Å². The van der Waals surface area contributed by atoms with Crippen LogP contribution in [0.5, 0.6) is 0 Å². The van der Waals surface area contributed by atoms with E-state index in [0.717, 1.165) is 11.5 Å². The second kappa shape index (κ2) is 4.60. The second-order valence-corrected chi connectivity index (χ2v) is 8.39. The number of nitrogens with zero attached hydrogens (tertiary/aromatic N) is 2. The largest absolute Gasteiger partial charge is 0.394 e. The Morgan fingerprint density at radius 1 is 1.53 bits per heavy atom. The molecule has 2 rings (SSSR count). The third-order valence-electron chi connectivity index (χ3n) is 3.50.